The minimum absolute atomic E-state index is 0.0523. The van der Waals surface area contributed by atoms with E-state index >= 15 is 0 Å². The summed E-state index contributed by atoms with van der Waals surface area (Å²) in [5.74, 6) is -0.224. The molecule has 2 atom stereocenters. The molecule has 0 amide bonds. The summed E-state index contributed by atoms with van der Waals surface area (Å²) in [6, 6.07) is 44.1. The molecule has 9 rings (SSSR count). The van der Waals surface area contributed by atoms with Crippen LogP contribution in [0.25, 0.3) is 66.1 Å². The number of rotatable bonds is 4. The van der Waals surface area contributed by atoms with Gasteiger partial charge < -0.3 is 10.2 Å². The number of hydrogen-bond acceptors (Lipinski definition) is 2. The van der Waals surface area contributed by atoms with Gasteiger partial charge in [-0.05, 0) is 110 Å². The van der Waals surface area contributed by atoms with E-state index in [2.05, 4.69) is 163 Å². The smallest absolute Gasteiger partial charge is 0.0541 e. The van der Waals surface area contributed by atoms with E-state index in [-0.39, 0.29) is 35.9 Å². The van der Waals surface area contributed by atoms with Crippen LogP contribution in [0.3, 0.4) is 0 Å². The Morgan fingerprint density at radius 2 is 0.769 bits per heavy atom. The summed E-state index contributed by atoms with van der Waals surface area (Å²) in [6.45, 7) is 14.1. The van der Waals surface area contributed by atoms with E-state index in [0.29, 0.717) is 0 Å². The van der Waals surface area contributed by atoms with Crippen molar-refractivity contribution in [3.05, 3.63) is 155 Å². The fourth-order valence-corrected chi connectivity index (χ4v) is 10.0. The van der Waals surface area contributed by atoms with Crippen molar-refractivity contribution in [2.75, 3.05) is 13.2 Å². The Bertz CT molecular complexity index is 2370. The number of hydrogen-bond donors (Lipinski definition) is 2. The van der Waals surface area contributed by atoms with Gasteiger partial charge in [-0.15, -0.1) is 0 Å². The highest BCUT2D eigenvalue weighted by atomic mass is 16.3. The highest BCUT2D eigenvalue weighted by Gasteiger charge is 2.41. The molecule has 2 nitrogen and oxygen atoms in total. The normalized spacial score (nSPS) is 16.2. The first kappa shape index (κ1) is 32.9. The van der Waals surface area contributed by atoms with E-state index in [1.54, 1.807) is 0 Å². The lowest BCUT2D eigenvalue weighted by Gasteiger charge is -2.33. The third kappa shape index (κ3) is 4.57. The zero-order valence-corrected chi connectivity index (χ0v) is 31.0. The molecule has 0 aliphatic heterocycles. The predicted octanol–water partition coefficient (Wildman–Crippen LogP) is 12.1. The van der Waals surface area contributed by atoms with Crippen LogP contribution >= 0.6 is 0 Å². The third-order valence-electron chi connectivity index (χ3n) is 11.7. The largest absolute Gasteiger partial charge is 0.395 e. The van der Waals surface area contributed by atoms with E-state index in [1.165, 1.54) is 99.4 Å². The van der Waals surface area contributed by atoms with E-state index in [1.807, 2.05) is 0 Å². The first-order valence-corrected chi connectivity index (χ1v) is 18.7. The molecule has 0 fully saturated rings. The van der Waals surface area contributed by atoms with Crippen molar-refractivity contribution < 1.29 is 10.2 Å². The van der Waals surface area contributed by atoms with Gasteiger partial charge in [0.1, 0.15) is 0 Å². The molecule has 7 aromatic rings. The van der Waals surface area contributed by atoms with Gasteiger partial charge in [0.2, 0.25) is 0 Å². The fourth-order valence-electron chi connectivity index (χ4n) is 10.0. The number of fused-ring (bicyclic) bond motifs is 9. The summed E-state index contributed by atoms with van der Waals surface area (Å²) in [4.78, 5) is 0. The van der Waals surface area contributed by atoms with Gasteiger partial charge in [0.25, 0.3) is 0 Å². The predicted molar refractivity (Wildman–Crippen MR) is 218 cm³/mol. The number of benzene rings is 7. The summed E-state index contributed by atoms with van der Waals surface area (Å²) in [7, 11) is 0. The number of aliphatic hydroxyl groups excluding tert-OH is 2. The van der Waals surface area contributed by atoms with Gasteiger partial charge in [-0.3, -0.25) is 0 Å². The van der Waals surface area contributed by atoms with Crippen LogP contribution < -0.4 is 0 Å². The van der Waals surface area contributed by atoms with Gasteiger partial charge in [0.05, 0.1) is 13.2 Å². The second-order valence-electron chi connectivity index (χ2n) is 16.9. The SMILES string of the molecule is CC(C)(C)c1c2c(c(-c3ccccc3)c3c1ccc1c(C(C)(C)C)c4c(c(-c5ccccc5)c13)-c1ccccc1[C@@H]4CO)-c1ccccc1[C@@H]2CO. The van der Waals surface area contributed by atoms with Gasteiger partial charge in [0.15, 0.2) is 0 Å². The summed E-state index contributed by atoms with van der Waals surface area (Å²) in [5, 5.41) is 27.4. The Hall–Kier alpha value is -5.02. The minimum Gasteiger partial charge on any atom is -0.395 e. The maximum Gasteiger partial charge on any atom is 0.0541 e. The van der Waals surface area contributed by atoms with Crippen molar-refractivity contribution in [1.82, 2.24) is 0 Å². The molecule has 7 aromatic carbocycles. The van der Waals surface area contributed by atoms with Crippen molar-refractivity contribution in [2.45, 2.75) is 64.2 Å². The van der Waals surface area contributed by atoms with Gasteiger partial charge in [-0.2, -0.15) is 0 Å². The molecular weight excluding hydrogens is 633 g/mol. The molecule has 52 heavy (non-hydrogen) atoms. The molecule has 0 saturated carbocycles. The minimum atomic E-state index is -0.216. The summed E-state index contributed by atoms with van der Waals surface area (Å²) in [6.07, 6.45) is 0. The van der Waals surface area contributed by atoms with E-state index < -0.39 is 0 Å². The van der Waals surface area contributed by atoms with Crippen LogP contribution in [0.15, 0.2) is 121 Å². The van der Waals surface area contributed by atoms with Crippen LogP contribution in [0.2, 0.25) is 0 Å². The van der Waals surface area contributed by atoms with Gasteiger partial charge in [-0.1, -0.05) is 163 Å². The lowest BCUT2D eigenvalue weighted by Crippen LogP contribution is -2.19. The van der Waals surface area contributed by atoms with Crippen LogP contribution in [-0.2, 0) is 10.8 Å². The zero-order chi connectivity index (χ0) is 36.1. The molecule has 0 aromatic heterocycles. The molecule has 258 valence electrons. The second kappa shape index (κ2) is 11.7. The molecule has 2 N–H and O–H groups in total. The fraction of sp³-hybridized carbons (Fsp3) is 0.240. The standard InChI is InChI=1S/C50H46O2/c1-49(2,3)47-35-25-26-36-44(43(35)39(29-17-9-7-10-18-29)41-33-23-15-13-21-31(33)37(27-51)45(41)47)40(30-19-11-8-12-20-30)42-34-24-16-14-22-32(34)38(28-52)46(42)48(36)50(4,5)6/h7-26,37-38,51-52H,27-28H2,1-6H3/t37-,38-/m0/s1. The van der Waals surface area contributed by atoms with E-state index in [4.69, 9.17) is 0 Å². The molecular formula is C50H46O2. The first-order chi connectivity index (χ1) is 25.1. The molecule has 2 aliphatic rings. The van der Waals surface area contributed by atoms with Crippen molar-refractivity contribution in [3.63, 3.8) is 0 Å². The van der Waals surface area contributed by atoms with Crippen LogP contribution in [-0.4, -0.2) is 23.4 Å². The monoisotopic (exact) mass is 678 g/mol. The maximum absolute atomic E-state index is 11.2. The molecule has 0 unspecified atom stereocenters. The Labute approximate surface area is 307 Å². The summed E-state index contributed by atoms with van der Waals surface area (Å²) < 4.78 is 0. The Kier molecular flexibility index (Phi) is 7.42. The van der Waals surface area contributed by atoms with Crippen molar-refractivity contribution in [2.24, 2.45) is 0 Å². The van der Waals surface area contributed by atoms with Gasteiger partial charge in [0, 0.05) is 11.8 Å². The maximum atomic E-state index is 11.2. The van der Waals surface area contributed by atoms with Gasteiger partial charge in [-0.25, -0.2) is 0 Å². The highest BCUT2D eigenvalue weighted by molar-refractivity contribution is 6.27. The first-order valence-electron chi connectivity index (χ1n) is 18.7. The summed E-state index contributed by atoms with van der Waals surface area (Å²) in [5.41, 5.74) is 16.8. The van der Waals surface area contributed by atoms with Crippen molar-refractivity contribution in [1.29, 1.82) is 0 Å². The van der Waals surface area contributed by atoms with Crippen LogP contribution in [0.1, 0.15) is 86.8 Å². The third-order valence-corrected chi connectivity index (χ3v) is 11.7. The van der Waals surface area contributed by atoms with Crippen LogP contribution in [0.4, 0.5) is 0 Å². The highest BCUT2D eigenvalue weighted by Crippen LogP contribution is 2.61. The Morgan fingerprint density at radius 1 is 0.423 bits per heavy atom. The average molecular weight is 679 g/mol. The van der Waals surface area contributed by atoms with E-state index in [9.17, 15) is 10.2 Å². The Morgan fingerprint density at radius 3 is 1.12 bits per heavy atom. The molecule has 0 spiro atoms. The quantitative estimate of drug-likeness (QED) is 0.182. The van der Waals surface area contributed by atoms with E-state index in [0.717, 1.165) is 0 Å². The topological polar surface area (TPSA) is 40.5 Å². The van der Waals surface area contributed by atoms with Crippen molar-refractivity contribution >= 4 is 21.5 Å². The zero-order valence-electron chi connectivity index (χ0n) is 31.0. The second-order valence-corrected chi connectivity index (χ2v) is 16.9. The molecule has 0 radical (unpaired) electrons. The average Bonchev–Trinajstić information content (AvgIpc) is 3.64. The van der Waals surface area contributed by atoms with Gasteiger partial charge >= 0.3 is 0 Å². The molecule has 0 bridgehead atoms. The summed E-state index contributed by atoms with van der Waals surface area (Å²) >= 11 is 0. The van der Waals surface area contributed by atoms with Crippen LogP contribution in [0, 0.1) is 0 Å². The lowest BCUT2D eigenvalue weighted by atomic mass is 9.70. The molecule has 0 heterocycles. The lowest BCUT2D eigenvalue weighted by molar-refractivity contribution is 0.281. The van der Waals surface area contributed by atoms with Crippen LogP contribution in [0.5, 0.6) is 0 Å². The number of aliphatic hydroxyl groups is 2. The molecule has 2 aliphatic carbocycles. The molecule has 0 saturated heterocycles. The Balaban J connectivity index is 1.66. The molecule has 2 heteroatoms. The van der Waals surface area contributed by atoms with Crippen molar-refractivity contribution in [3.8, 4) is 44.5 Å².